The second-order valence-corrected chi connectivity index (χ2v) is 6.19. The zero-order chi connectivity index (χ0) is 14.4. The van der Waals surface area contributed by atoms with E-state index in [9.17, 15) is 0 Å². The van der Waals surface area contributed by atoms with Gasteiger partial charge in [0.05, 0.1) is 5.69 Å². The molecular formula is C17H31N3. The molecule has 0 spiro atoms. The molecule has 1 aliphatic rings. The molecule has 0 saturated heterocycles. The summed E-state index contributed by atoms with van der Waals surface area (Å²) >= 11 is 0. The van der Waals surface area contributed by atoms with Gasteiger partial charge in [-0.15, -0.1) is 0 Å². The zero-order valence-corrected chi connectivity index (χ0v) is 13.3. The van der Waals surface area contributed by atoms with Crippen molar-refractivity contribution in [1.82, 2.24) is 9.55 Å². The number of anilines is 1. The molecule has 2 rings (SSSR count). The molecule has 114 valence electrons. The summed E-state index contributed by atoms with van der Waals surface area (Å²) in [5.74, 6) is 2.88. The highest BCUT2D eigenvalue weighted by Gasteiger charge is 2.30. The van der Waals surface area contributed by atoms with E-state index in [4.69, 9.17) is 10.7 Å². The normalized spacial score (nSPS) is 14.9. The molecule has 0 aliphatic heterocycles. The molecule has 0 amide bonds. The van der Waals surface area contributed by atoms with Crippen molar-refractivity contribution in [3.05, 3.63) is 11.5 Å². The summed E-state index contributed by atoms with van der Waals surface area (Å²) in [6, 6.07) is 0. The van der Waals surface area contributed by atoms with Gasteiger partial charge in [-0.1, -0.05) is 45.4 Å². The average Bonchev–Trinajstić information content (AvgIpc) is 3.24. The minimum Gasteiger partial charge on any atom is -0.384 e. The highest BCUT2D eigenvalue weighted by Crippen LogP contribution is 2.40. The topological polar surface area (TPSA) is 43.8 Å². The first-order valence-electron chi connectivity index (χ1n) is 8.62. The van der Waals surface area contributed by atoms with Gasteiger partial charge in [-0.2, -0.15) is 0 Å². The van der Waals surface area contributed by atoms with Crippen LogP contribution in [0.15, 0.2) is 0 Å². The number of nitrogens with zero attached hydrogens (tertiary/aromatic N) is 2. The van der Waals surface area contributed by atoms with Crippen LogP contribution in [0.5, 0.6) is 0 Å². The maximum absolute atomic E-state index is 6.26. The predicted molar refractivity (Wildman–Crippen MR) is 86.0 cm³/mol. The fraction of sp³-hybridized carbons (Fsp3) is 0.824. The van der Waals surface area contributed by atoms with E-state index in [1.54, 1.807) is 0 Å². The van der Waals surface area contributed by atoms with E-state index in [-0.39, 0.29) is 0 Å². The van der Waals surface area contributed by atoms with Crippen molar-refractivity contribution in [2.75, 3.05) is 5.73 Å². The number of imidazole rings is 1. The van der Waals surface area contributed by atoms with E-state index in [0.29, 0.717) is 5.92 Å². The number of hydrogen-bond donors (Lipinski definition) is 1. The molecule has 3 nitrogen and oxygen atoms in total. The molecule has 0 radical (unpaired) electrons. The van der Waals surface area contributed by atoms with Crippen molar-refractivity contribution in [1.29, 1.82) is 0 Å². The molecule has 1 aliphatic carbocycles. The maximum atomic E-state index is 6.26. The lowest BCUT2D eigenvalue weighted by Gasteiger charge is -2.05. The van der Waals surface area contributed by atoms with E-state index in [1.165, 1.54) is 63.6 Å². The largest absolute Gasteiger partial charge is 0.384 e. The molecule has 0 aromatic carbocycles. The summed E-state index contributed by atoms with van der Waals surface area (Å²) in [4.78, 5) is 4.83. The van der Waals surface area contributed by atoms with Crippen molar-refractivity contribution < 1.29 is 0 Å². The van der Waals surface area contributed by atoms with Gasteiger partial charge in [-0.25, -0.2) is 4.98 Å². The van der Waals surface area contributed by atoms with Crippen molar-refractivity contribution in [3.8, 4) is 0 Å². The molecule has 1 saturated carbocycles. The highest BCUT2D eigenvalue weighted by molar-refractivity contribution is 5.39. The third-order valence-electron chi connectivity index (χ3n) is 4.39. The molecule has 1 heterocycles. The number of unbranched alkanes of at least 4 members (excludes halogenated alkanes) is 6. The Labute approximate surface area is 124 Å². The van der Waals surface area contributed by atoms with Crippen LogP contribution in [0.25, 0.3) is 0 Å². The van der Waals surface area contributed by atoms with Crippen molar-refractivity contribution in [3.63, 3.8) is 0 Å². The quantitative estimate of drug-likeness (QED) is 0.632. The van der Waals surface area contributed by atoms with Gasteiger partial charge in [0.15, 0.2) is 0 Å². The van der Waals surface area contributed by atoms with Crippen molar-refractivity contribution in [2.24, 2.45) is 0 Å². The van der Waals surface area contributed by atoms with E-state index in [2.05, 4.69) is 18.4 Å². The summed E-state index contributed by atoms with van der Waals surface area (Å²) in [5.41, 5.74) is 7.42. The SMILES string of the molecule is CCCCCCCCCc1nc(C2CC2)n(CC)c1N. The third kappa shape index (κ3) is 4.00. The summed E-state index contributed by atoms with van der Waals surface area (Å²) < 4.78 is 2.23. The monoisotopic (exact) mass is 277 g/mol. The van der Waals surface area contributed by atoms with Gasteiger partial charge in [0.2, 0.25) is 0 Å². The Kier molecular flexibility index (Phi) is 5.93. The minimum absolute atomic E-state index is 0.694. The predicted octanol–water partition coefficient (Wildman–Crippen LogP) is 4.66. The molecule has 2 N–H and O–H groups in total. The zero-order valence-electron chi connectivity index (χ0n) is 13.3. The van der Waals surface area contributed by atoms with Gasteiger partial charge < -0.3 is 10.3 Å². The number of aromatic nitrogens is 2. The van der Waals surface area contributed by atoms with Crippen LogP contribution in [0, 0.1) is 0 Å². The Hall–Kier alpha value is -0.990. The van der Waals surface area contributed by atoms with Crippen LogP contribution in [-0.4, -0.2) is 9.55 Å². The first kappa shape index (κ1) is 15.4. The summed E-state index contributed by atoms with van der Waals surface area (Å²) in [6.07, 6.45) is 13.1. The molecule has 3 heteroatoms. The number of rotatable bonds is 10. The summed E-state index contributed by atoms with van der Waals surface area (Å²) in [5, 5.41) is 0. The summed E-state index contributed by atoms with van der Waals surface area (Å²) in [7, 11) is 0. The smallest absolute Gasteiger partial charge is 0.126 e. The molecular weight excluding hydrogens is 246 g/mol. The van der Waals surface area contributed by atoms with Crippen LogP contribution >= 0.6 is 0 Å². The fourth-order valence-corrected chi connectivity index (χ4v) is 2.95. The second kappa shape index (κ2) is 7.70. The molecule has 0 bridgehead atoms. The van der Waals surface area contributed by atoms with Crippen LogP contribution in [0.2, 0.25) is 0 Å². The second-order valence-electron chi connectivity index (χ2n) is 6.19. The highest BCUT2D eigenvalue weighted by atomic mass is 15.1. The summed E-state index contributed by atoms with van der Waals surface area (Å²) in [6.45, 7) is 5.40. The molecule has 1 aromatic heterocycles. The number of aryl methyl sites for hydroxylation is 1. The Bertz CT molecular complexity index is 405. The lowest BCUT2D eigenvalue weighted by Crippen LogP contribution is -2.05. The van der Waals surface area contributed by atoms with Crippen LogP contribution < -0.4 is 5.73 Å². The van der Waals surface area contributed by atoms with Gasteiger partial charge in [0.1, 0.15) is 11.6 Å². The van der Waals surface area contributed by atoms with Crippen LogP contribution in [0.4, 0.5) is 5.82 Å². The van der Waals surface area contributed by atoms with E-state index < -0.39 is 0 Å². The first-order valence-corrected chi connectivity index (χ1v) is 8.62. The molecule has 1 aromatic rings. The van der Waals surface area contributed by atoms with Gasteiger partial charge in [-0.05, 0) is 32.6 Å². The Morgan fingerprint density at radius 3 is 2.30 bits per heavy atom. The molecule has 1 fully saturated rings. The lowest BCUT2D eigenvalue weighted by atomic mass is 10.1. The fourth-order valence-electron chi connectivity index (χ4n) is 2.95. The number of hydrogen-bond acceptors (Lipinski definition) is 2. The molecule has 0 atom stereocenters. The van der Waals surface area contributed by atoms with E-state index >= 15 is 0 Å². The van der Waals surface area contributed by atoms with Crippen LogP contribution in [0.3, 0.4) is 0 Å². The average molecular weight is 277 g/mol. The van der Waals surface area contributed by atoms with Crippen molar-refractivity contribution >= 4 is 5.82 Å². The van der Waals surface area contributed by atoms with Crippen molar-refractivity contribution in [2.45, 2.75) is 90.5 Å². The van der Waals surface area contributed by atoms with Gasteiger partial charge >= 0.3 is 0 Å². The van der Waals surface area contributed by atoms with E-state index in [1.807, 2.05) is 0 Å². The Morgan fingerprint density at radius 1 is 1.05 bits per heavy atom. The molecule has 20 heavy (non-hydrogen) atoms. The third-order valence-corrected chi connectivity index (χ3v) is 4.39. The Balaban J connectivity index is 1.75. The maximum Gasteiger partial charge on any atom is 0.126 e. The molecule has 0 unspecified atom stereocenters. The van der Waals surface area contributed by atoms with Gasteiger partial charge in [0.25, 0.3) is 0 Å². The minimum atomic E-state index is 0.694. The van der Waals surface area contributed by atoms with Gasteiger partial charge in [0, 0.05) is 12.5 Å². The lowest BCUT2D eigenvalue weighted by molar-refractivity contribution is 0.587. The number of nitrogen functional groups attached to an aromatic ring is 1. The first-order chi connectivity index (χ1) is 9.77. The van der Waals surface area contributed by atoms with Gasteiger partial charge in [-0.3, -0.25) is 0 Å². The van der Waals surface area contributed by atoms with Crippen LogP contribution in [0.1, 0.15) is 89.1 Å². The Morgan fingerprint density at radius 2 is 1.70 bits per heavy atom. The van der Waals surface area contributed by atoms with E-state index in [0.717, 1.165) is 24.5 Å². The van der Waals surface area contributed by atoms with Crippen LogP contribution in [-0.2, 0) is 13.0 Å². The standard InChI is InChI=1S/C17H31N3/c1-3-5-6-7-8-9-10-11-15-16(18)20(4-2)17(19-15)14-12-13-14/h14H,3-13,18H2,1-2H3. The number of nitrogens with two attached hydrogens (primary N) is 1.